The van der Waals surface area contributed by atoms with E-state index >= 15 is 0 Å². The molecule has 1 heteroatoms. The van der Waals surface area contributed by atoms with Crippen molar-refractivity contribution < 1.29 is 4.74 Å². The molecule has 2 rings (SSSR count). The minimum Gasteiger partial charge on any atom is -0.367 e. The lowest BCUT2D eigenvalue weighted by Crippen LogP contribution is -2.48. The largest absolute Gasteiger partial charge is 0.367 e. The minimum absolute atomic E-state index is 0.0396. The van der Waals surface area contributed by atoms with E-state index in [0.29, 0.717) is 11.8 Å². The molecule has 84 valence electrons. The van der Waals surface area contributed by atoms with E-state index in [4.69, 9.17) is 4.74 Å². The van der Waals surface area contributed by atoms with Gasteiger partial charge in [0.15, 0.2) is 0 Å². The molecular formula is C14H22O. The third-order valence-electron chi connectivity index (χ3n) is 4.05. The zero-order valence-corrected chi connectivity index (χ0v) is 10.3. The highest BCUT2D eigenvalue weighted by molar-refractivity contribution is 5.17. The monoisotopic (exact) mass is 206 g/mol. The Balaban J connectivity index is 2.28. The van der Waals surface area contributed by atoms with E-state index in [1.807, 2.05) is 0 Å². The number of ether oxygens (including phenoxy) is 1. The third-order valence-corrected chi connectivity index (χ3v) is 4.05. The molecule has 0 unspecified atom stereocenters. The highest BCUT2D eigenvalue weighted by Crippen LogP contribution is 2.45. The fourth-order valence-electron chi connectivity index (χ4n) is 2.92. The van der Waals surface area contributed by atoms with Gasteiger partial charge in [-0.3, -0.25) is 0 Å². The maximum Gasteiger partial charge on any atom is 0.0828 e. The molecule has 2 aliphatic rings. The van der Waals surface area contributed by atoms with E-state index in [-0.39, 0.29) is 11.7 Å². The second-order valence-electron chi connectivity index (χ2n) is 5.43. The Labute approximate surface area is 93.2 Å². The van der Waals surface area contributed by atoms with Crippen LogP contribution in [0.4, 0.5) is 0 Å². The van der Waals surface area contributed by atoms with Crippen LogP contribution in [0.1, 0.15) is 40.5 Å². The number of hydrogen-bond donors (Lipinski definition) is 0. The second-order valence-corrected chi connectivity index (χ2v) is 5.43. The summed E-state index contributed by atoms with van der Waals surface area (Å²) in [7, 11) is 0. The second kappa shape index (κ2) is 3.79. The Hall–Kier alpha value is -0.560. The summed E-state index contributed by atoms with van der Waals surface area (Å²) in [4.78, 5) is 0. The van der Waals surface area contributed by atoms with Crippen molar-refractivity contribution in [2.45, 2.75) is 52.2 Å². The van der Waals surface area contributed by atoms with Gasteiger partial charge in [0.25, 0.3) is 0 Å². The summed E-state index contributed by atoms with van der Waals surface area (Å²) in [6.07, 6.45) is 9.52. The topological polar surface area (TPSA) is 9.23 Å². The van der Waals surface area contributed by atoms with Crippen LogP contribution in [0.15, 0.2) is 23.8 Å². The van der Waals surface area contributed by atoms with Gasteiger partial charge in [0.2, 0.25) is 0 Å². The molecule has 15 heavy (non-hydrogen) atoms. The zero-order chi connectivity index (χ0) is 11.1. The normalized spacial score (nSPS) is 39.2. The molecule has 0 aromatic carbocycles. The Bertz CT molecular complexity index is 298. The van der Waals surface area contributed by atoms with Gasteiger partial charge in [-0.15, -0.1) is 0 Å². The van der Waals surface area contributed by atoms with Gasteiger partial charge in [-0.25, -0.2) is 0 Å². The first kappa shape index (κ1) is 10.9. The van der Waals surface area contributed by atoms with E-state index < -0.39 is 0 Å². The number of rotatable bonds is 1. The molecule has 1 aliphatic carbocycles. The van der Waals surface area contributed by atoms with Gasteiger partial charge in [0, 0.05) is 5.92 Å². The summed E-state index contributed by atoms with van der Waals surface area (Å²) in [5.74, 6) is 1.32. The van der Waals surface area contributed by atoms with E-state index in [0.717, 1.165) is 0 Å². The van der Waals surface area contributed by atoms with Gasteiger partial charge in [0.05, 0.1) is 11.7 Å². The first-order chi connectivity index (χ1) is 7.04. The summed E-state index contributed by atoms with van der Waals surface area (Å²) in [6, 6.07) is 0. The van der Waals surface area contributed by atoms with E-state index in [1.165, 1.54) is 18.4 Å². The van der Waals surface area contributed by atoms with Crippen molar-refractivity contribution >= 4 is 0 Å². The van der Waals surface area contributed by atoms with Crippen LogP contribution < -0.4 is 0 Å². The average molecular weight is 206 g/mol. The lowest BCUT2D eigenvalue weighted by atomic mass is 9.70. The number of fused-ring (bicyclic) bond motifs is 2. The standard InChI is InChI=1S/C14H22O/c1-5-6-13-12-9-11(8-7-10(12)2)14(3,4)15-13/h5-7,11-13H,8-9H2,1-4H3/b6-5+/t11-,12-,13+/m0/s1. The van der Waals surface area contributed by atoms with Gasteiger partial charge in [-0.1, -0.05) is 23.8 Å². The summed E-state index contributed by atoms with van der Waals surface area (Å²) in [5, 5.41) is 0. The summed E-state index contributed by atoms with van der Waals surface area (Å²) in [5.41, 5.74) is 1.56. The quantitative estimate of drug-likeness (QED) is 0.594. The van der Waals surface area contributed by atoms with E-state index in [2.05, 4.69) is 45.9 Å². The molecule has 3 atom stereocenters. The SMILES string of the molecule is C/C=C/[C@H]1OC(C)(C)[C@H]2CC=C(C)[C@@H]1C2. The summed E-state index contributed by atoms with van der Waals surface area (Å²) in [6.45, 7) is 8.79. The molecule has 1 heterocycles. The van der Waals surface area contributed by atoms with Crippen molar-refractivity contribution in [3.63, 3.8) is 0 Å². The maximum absolute atomic E-state index is 6.22. The molecule has 0 spiro atoms. The van der Waals surface area contributed by atoms with Crippen molar-refractivity contribution in [3.05, 3.63) is 23.8 Å². The van der Waals surface area contributed by atoms with Crippen LogP contribution in [0.3, 0.4) is 0 Å². The van der Waals surface area contributed by atoms with Crippen molar-refractivity contribution in [2.24, 2.45) is 11.8 Å². The van der Waals surface area contributed by atoms with Gasteiger partial charge < -0.3 is 4.74 Å². The van der Waals surface area contributed by atoms with Crippen LogP contribution in [-0.4, -0.2) is 11.7 Å². The predicted octanol–water partition coefficient (Wildman–Crippen LogP) is 3.71. The van der Waals surface area contributed by atoms with E-state index in [9.17, 15) is 0 Å². The molecule has 1 fully saturated rings. The van der Waals surface area contributed by atoms with Crippen molar-refractivity contribution in [1.29, 1.82) is 0 Å². The van der Waals surface area contributed by atoms with Gasteiger partial charge in [0.1, 0.15) is 0 Å². The maximum atomic E-state index is 6.22. The van der Waals surface area contributed by atoms with Crippen LogP contribution in [0, 0.1) is 11.8 Å². The highest BCUT2D eigenvalue weighted by atomic mass is 16.5. The fourth-order valence-corrected chi connectivity index (χ4v) is 2.92. The Morgan fingerprint density at radius 3 is 2.87 bits per heavy atom. The Morgan fingerprint density at radius 1 is 1.47 bits per heavy atom. The van der Waals surface area contributed by atoms with Crippen molar-refractivity contribution in [1.82, 2.24) is 0 Å². The number of allylic oxidation sites excluding steroid dienone is 2. The first-order valence-corrected chi connectivity index (χ1v) is 6.02. The van der Waals surface area contributed by atoms with E-state index in [1.54, 1.807) is 0 Å². The fraction of sp³-hybridized carbons (Fsp3) is 0.714. The molecule has 1 nitrogen and oxygen atoms in total. The van der Waals surface area contributed by atoms with Crippen molar-refractivity contribution in [3.8, 4) is 0 Å². The van der Waals surface area contributed by atoms with Crippen LogP contribution in [0.5, 0.6) is 0 Å². The predicted molar refractivity (Wildman–Crippen MR) is 63.7 cm³/mol. The number of hydrogen-bond acceptors (Lipinski definition) is 1. The molecule has 0 amide bonds. The Morgan fingerprint density at radius 2 is 2.20 bits per heavy atom. The average Bonchev–Trinajstić information content (AvgIpc) is 2.16. The zero-order valence-electron chi connectivity index (χ0n) is 10.3. The molecule has 0 radical (unpaired) electrons. The van der Waals surface area contributed by atoms with Crippen LogP contribution >= 0.6 is 0 Å². The molecule has 0 saturated carbocycles. The lowest BCUT2D eigenvalue weighted by Gasteiger charge is -2.48. The highest BCUT2D eigenvalue weighted by Gasteiger charge is 2.43. The molecule has 0 aromatic rings. The molecule has 1 saturated heterocycles. The summed E-state index contributed by atoms with van der Waals surface area (Å²) >= 11 is 0. The van der Waals surface area contributed by atoms with Gasteiger partial charge in [-0.05, 0) is 46.5 Å². The molecule has 1 aliphatic heterocycles. The minimum atomic E-state index is 0.0396. The van der Waals surface area contributed by atoms with Crippen molar-refractivity contribution in [2.75, 3.05) is 0 Å². The molecule has 0 aromatic heterocycles. The molecule has 0 N–H and O–H groups in total. The Kier molecular flexibility index (Phi) is 2.76. The molecule has 2 bridgehead atoms. The van der Waals surface area contributed by atoms with Crippen LogP contribution in [-0.2, 0) is 4.74 Å². The first-order valence-electron chi connectivity index (χ1n) is 6.02. The molecular weight excluding hydrogens is 184 g/mol. The van der Waals surface area contributed by atoms with Crippen LogP contribution in [0.2, 0.25) is 0 Å². The van der Waals surface area contributed by atoms with Gasteiger partial charge in [-0.2, -0.15) is 0 Å². The lowest BCUT2D eigenvalue weighted by molar-refractivity contribution is -0.145. The third kappa shape index (κ3) is 1.90. The smallest absolute Gasteiger partial charge is 0.0828 e. The van der Waals surface area contributed by atoms with Crippen LogP contribution in [0.25, 0.3) is 0 Å². The van der Waals surface area contributed by atoms with Gasteiger partial charge >= 0.3 is 0 Å². The summed E-state index contributed by atoms with van der Waals surface area (Å²) < 4.78 is 6.22.